The number of nitriles is 1. The molecule has 0 unspecified atom stereocenters. The van der Waals surface area contributed by atoms with Crippen molar-refractivity contribution < 1.29 is 31.0 Å². The number of benzene rings is 2. The van der Waals surface area contributed by atoms with Crippen LogP contribution in [0.2, 0.25) is 0 Å². The molecular weight excluding hydrogens is 815 g/mol. The summed E-state index contributed by atoms with van der Waals surface area (Å²) >= 11 is 0. The molecule has 0 aliphatic heterocycles. The van der Waals surface area contributed by atoms with Gasteiger partial charge in [-0.15, -0.1) is 20.5 Å². The Morgan fingerprint density at radius 1 is 0.729 bits per heavy atom. The minimum absolute atomic E-state index is 0.0142. The zero-order valence-corrected chi connectivity index (χ0v) is 31.5. The number of aromatic hydroxyl groups is 1. The number of nitrogens with two attached hydrogens (primary N) is 2. The minimum Gasteiger partial charge on any atom is -0.479 e. The maximum absolute atomic E-state index is 11.7. The van der Waals surface area contributed by atoms with Gasteiger partial charge in [0.25, 0.3) is 37.8 Å². The lowest BCUT2D eigenvalue weighted by molar-refractivity contribution is 0.423. The number of nitrogens with zero attached hydrogens (tertiary/aromatic N) is 17. The fourth-order valence-electron chi connectivity index (χ4n) is 5.31. The highest BCUT2D eigenvalue weighted by Crippen LogP contribution is 2.36. The minimum atomic E-state index is -4.57. The van der Waals surface area contributed by atoms with Crippen LogP contribution in [0.1, 0.15) is 17.0 Å². The van der Waals surface area contributed by atoms with Gasteiger partial charge in [0.05, 0.1) is 51.5 Å². The first-order chi connectivity index (χ1) is 28.0. The molecule has 7 N–H and O–H groups in total. The third-order valence-corrected chi connectivity index (χ3v) is 9.72. The van der Waals surface area contributed by atoms with Crippen molar-refractivity contribution in [1.82, 2.24) is 54.1 Å². The molecule has 2 aromatic carbocycles. The molecule has 0 bridgehead atoms. The van der Waals surface area contributed by atoms with Gasteiger partial charge in [0.1, 0.15) is 11.6 Å². The Labute approximate surface area is 330 Å². The van der Waals surface area contributed by atoms with E-state index in [-0.39, 0.29) is 80.6 Å². The average Bonchev–Trinajstić information content (AvgIpc) is 3.95. The van der Waals surface area contributed by atoms with Gasteiger partial charge in [0.2, 0.25) is 0 Å². The molecule has 7 rings (SSSR count). The summed E-state index contributed by atoms with van der Waals surface area (Å²) in [7, 11) is -9.13. The molecule has 0 amide bonds. The summed E-state index contributed by atoms with van der Waals surface area (Å²) in [6.45, 7) is 10.6. The smallest absolute Gasteiger partial charge is 0.320 e. The van der Waals surface area contributed by atoms with E-state index < -0.39 is 36.0 Å². The van der Waals surface area contributed by atoms with E-state index in [2.05, 4.69) is 60.6 Å². The van der Waals surface area contributed by atoms with E-state index in [1.807, 2.05) is 6.07 Å². The quantitative estimate of drug-likeness (QED) is 0.0741. The molecule has 59 heavy (non-hydrogen) atoms. The monoisotopic (exact) mass is 837 g/mol. The van der Waals surface area contributed by atoms with Gasteiger partial charge in [-0.25, -0.2) is 14.2 Å². The molecule has 0 fully saturated rings. The second-order valence-corrected chi connectivity index (χ2v) is 14.7. The van der Waals surface area contributed by atoms with E-state index in [4.69, 9.17) is 18.0 Å². The molecule has 296 valence electrons. The maximum Gasteiger partial charge on any atom is 0.320 e. The third-order valence-electron chi connectivity index (χ3n) is 8.03. The van der Waals surface area contributed by atoms with E-state index in [1.165, 1.54) is 56.6 Å². The predicted octanol–water partition coefficient (Wildman–Crippen LogP) is 3.85. The molecule has 0 aliphatic carbocycles. The fourth-order valence-corrected chi connectivity index (χ4v) is 6.35. The van der Waals surface area contributed by atoms with Crippen LogP contribution >= 0.6 is 0 Å². The van der Waals surface area contributed by atoms with Gasteiger partial charge in [0, 0.05) is 0 Å². The van der Waals surface area contributed by atoms with Crippen LogP contribution in [-0.4, -0.2) is 85.1 Å². The predicted molar refractivity (Wildman–Crippen MR) is 200 cm³/mol. The standard InChI is InChI=1S/C31H23N19O7S2/c1-15-23(41-43-27-17(12-32)13-36-47(27)18-6-4-8-20(10-18)58(52,53)54)25(33)49(45-15)29-38-30(40-31(51)39-29)50-26(34)24(16(2)46-50)42-44-28-22(35-3)14-37-48(28)19-7-5-9-21(11-19)59(55,56)57/h4-11,13-14H,33-34H2,1-2H3,(H,52,53,54)(H,55,56,57)(H,38,39,40,51)/b43-41+,44-42+. The second kappa shape index (κ2) is 14.6. The fraction of sp³-hybridized carbons (Fsp3) is 0.0645. The van der Waals surface area contributed by atoms with Crippen molar-refractivity contribution in [3.63, 3.8) is 0 Å². The maximum atomic E-state index is 11.7. The van der Waals surface area contributed by atoms with Gasteiger partial charge in [-0.2, -0.15) is 66.8 Å². The van der Waals surface area contributed by atoms with Crippen LogP contribution in [-0.2, 0) is 20.2 Å². The number of aromatic nitrogens is 11. The van der Waals surface area contributed by atoms with Crippen LogP contribution in [0, 0.1) is 31.8 Å². The highest BCUT2D eigenvalue weighted by molar-refractivity contribution is 7.86. The molecule has 5 aromatic heterocycles. The van der Waals surface area contributed by atoms with Gasteiger partial charge in [-0.1, -0.05) is 12.1 Å². The first kappa shape index (κ1) is 38.9. The molecule has 28 heteroatoms. The van der Waals surface area contributed by atoms with E-state index in [9.17, 15) is 36.3 Å². The van der Waals surface area contributed by atoms with Gasteiger partial charge in [0.15, 0.2) is 34.6 Å². The number of hydrogen-bond acceptors (Lipinski definition) is 19. The second-order valence-electron chi connectivity index (χ2n) is 11.8. The van der Waals surface area contributed by atoms with Crippen molar-refractivity contribution in [2.75, 3.05) is 11.5 Å². The highest BCUT2D eigenvalue weighted by Gasteiger charge is 2.23. The zero-order chi connectivity index (χ0) is 42.4. The van der Waals surface area contributed by atoms with Crippen LogP contribution in [0.25, 0.3) is 28.1 Å². The summed E-state index contributed by atoms with van der Waals surface area (Å²) in [4.78, 5) is 14.7. The Kier molecular flexibility index (Phi) is 9.67. The molecule has 0 atom stereocenters. The summed E-state index contributed by atoms with van der Waals surface area (Å²) in [5.41, 5.74) is 13.3. The zero-order valence-electron chi connectivity index (χ0n) is 29.8. The number of anilines is 2. The Morgan fingerprint density at radius 2 is 1.20 bits per heavy atom. The average molecular weight is 838 g/mol. The van der Waals surface area contributed by atoms with Crippen LogP contribution < -0.4 is 11.5 Å². The number of rotatable bonds is 10. The number of hydrogen-bond donors (Lipinski definition) is 5. The Hall–Kier alpha value is -8.31. The third kappa shape index (κ3) is 7.39. The van der Waals surface area contributed by atoms with E-state index >= 15 is 0 Å². The van der Waals surface area contributed by atoms with E-state index in [0.717, 1.165) is 36.9 Å². The summed E-state index contributed by atoms with van der Waals surface area (Å²) in [6.07, 6.45) is 2.35. The van der Waals surface area contributed by atoms with Crippen molar-refractivity contribution in [2.24, 2.45) is 20.5 Å². The number of azo groups is 2. The Bertz CT molecular complexity index is 3010. The van der Waals surface area contributed by atoms with Crippen LogP contribution in [0.3, 0.4) is 0 Å². The molecule has 7 aromatic rings. The van der Waals surface area contributed by atoms with Crippen LogP contribution in [0.5, 0.6) is 6.01 Å². The Balaban J connectivity index is 1.22. The van der Waals surface area contributed by atoms with Crippen LogP contribution in [0.4, 0.5) is 40.3 Å². The lowest BCUT2D eigenvalue weighted by Crippen LogP contribution is -2.13. The molecule has 0 aliphatic rings. The molecule has 26 nitrogen and oxygen atoms in total. The van der Waals surface area contributed by atoms with Gasteiger partial charge < -0.3 is 16.6 Å². The summed E-state index contributed by atoms with van der Waals surface area (Å²) in [6, 6.07) is 11.3. The van der Waals surface area contributed by atoms with Crippen LogP contribution in [0.15, 0.2) is 91.2 Å². The summed E-state index contributed by atoms with van der Waals surface area (Å²) in [5, 5.41) is 53.7. The van der Waals surface area contributed by atoms with Crippen molar-refractivity contribution in [3.8, 4) is 35.4 Å². The molecule has 0 saturated heterocycles. The van der Waals surface area contributed by atoms with E-state index in [1.54, 1.807) is 0 Å². The van der Waals surface area contributed by atoms with Crippen molar-refractivity contribution in [2.45, 2.75) is 23.6 Å². The Morgan fingerprint density at radius 3 is 1.68 bits per heavy atom. The normalized spacial score (nSPS) is 12.0. The SMILES string of the molecule is [C-]#[N+]c1cnn(-c2cccc(S(=O)(=O)O)c2)c1/N=N/c1c(C)nn(-c2nc(O)nc(-n3nc(C)c(/N=N/c4c(C#N)cnn4-c4cccc(S(=O)(=O)O)c4)c3N)n2)c1N. The molecule has 0 spiro atoms. The largest absolute Gasteiger partial charge is 0.479 e. The number of aryl methyl sites for hydroxylation is 2. The summed E-state index contributed by atoms with van der Waals surface area (Å²) in [5.74, 6) is -1.25. The topological polar surface area (TPSA) is 369 Å². The molecule has 5 heterocycles. The first-order valence-electron chi connectivity index (χ1n) is 16.1. The summed E-state index contributed by atoms with van der Waals surface area (Å²) < 4.78 is 70.2. The first-order valence-corrected chi connectivity index (χ1v) is 19.0. The van der Waals surface area contributed by atoms with Crippen molar-refractivity contribution >= 4 is 60.6 Å². The van der Waals surface area contributed by atoms with Crippen molar-refractivity contribution in [1.29, 1.82) is 5.26 Å². The lowest BCUT2D eigenvalue weighted by atomic mass is 10.3. The van der Waals surface area contributed by atoms with Gasteiger partial charge >= 0.3 is 6.01 Å². The van der Waals surface area contributed by atoms with E-state index in [0.29, 0.717) is 0 Å². The lowest BCUT2D eigenvalue weighted by Gasteiger charge is -2.07. The molecular formula is C31H23N19O7S2. The van der Waals surface area contributed by atoms with Gasteiger partial charge in [-0.3, -0.25) is 9.11 Å². The highest BCUT2D eigenvalue weighted by atomic mass is 32.2. The molecule has 0 radical (unpaired) electrons. The van der Waals surface area contributed by atoms with Gasteiger partial charge in [-0.05, 0) is 50.2 Å². The number of nitrogen functional groups attached to an aromatic ring is 2. The van der Waals surface area contributed by atoms with Crippen molar-refractivity contribution in [3.05, 3.63) is 89.3 Å². The molecule has 0 saturated carbocycles.